The number of hydrogen-bond donors (Lipinski definition) is 0. The number of hydrogen-bond acceptors (Lipinski definition) is 5. The minimum absolute atomic E-state index is 0.0653. The van der Waals surface area contributed by atoms with E-state index < -0.39 is 53.5 Å². The summed E-state index contributed by atoms with van der Waals surface area (Å²) >= 11 is 10.6. The molecule has 0 aliphatic rings. The van der Waals surface area contributed by atoms with Crippen molar-refractivity contribution < 1.29 is 30.0 Å². The lowest BCUT2D eigenvalue weighted by Gasteiger charge is -2.23. The highest BCUT2D eigenvalue weighted by Crippen LogP contribution is 2.32. The summed E-state index contributed by atoms with van der Waals surface area (Å²) in [7, 11) is -8.19. The van der Waals surface area contributed by atoms with E-state index in [9.17, 15) is 34.8 Å². The van der Waals surface area contributed by atoms with Crippen LogP contribution in [0.5, 0.6) is 0 Å². The van der Waals surface area contributed by atoms with Gasteiger partial charge in [-0.05, 0) is 18.2 Å². The molecule has 150 valence electrons. The van der Waals surface area contributed by atoms with Crippen LogP contribution in [-0.2, 0) is 33.3 Å². The largest absolute Gasteiger partial charge is 0.431 e. The molecule has 2 aromatic rings. The van der Waals surface area contributed by atoms with Crippen LogP contribution in [0, 0.1) is 0 Å². The molecule has 0 aliphatic heterocycles. The standard InChI is InChI=1S/C13H11Cl2F3N2O5S2/c1-19-10-4-8(20(26(22,23)6-14)27(24,25)7-15)2-3-9(10)11(21)5-12(19)13(16,17)18/h2-5H,6-7H2,1H3. The van der Waals surface area contributed by atoms with Crippen molar-refractivity contribution in [3.63, 3.8) is 0 Å². The Balaban J connectivity index is 2.91. The summed E-state index contributed by atoms with van der Waals surface area (Å²) in [6.45, 7) is 0. The molecule has 0 N–H and O–H groups in total. The van der Waals surface area contributed by atoms with Gasteiger partial charge in [-0.25, -0.2) is 16.8 Å². The van der Waals surface area contributed by atoms with Crippen molar-refractivity contribution in [1.82, 2.24) is 4.57 Å². The summed E-state index contributed by atoms with van der Waals surface area (Å²) in [5.41, 5.74) is -3.11. The second kappa shape index (κ2) is 7.15. The topological polar surface area (TPSA) is 93.5 Å². The van der Waals surface area contributed by atoms with Crippen LogP contribution in [-0.4, -0.2) is 31.8 Å². The molecule has 1 aromatic carbocycles. The first-order chi connectivity index (χ1) is 12.3. The molecule has 0 atom stereocenters. The van der Waals surface area contributed by atoms with Crippen molar-refractivity contribution in [3.05, 3.63) is 40.2 Å². The molecule has 7 nitrogen and oxygen atoms in total. The molecule has 14 heteroatoms. The van der Waals surface area contributed by atoms with Crippen molar-refractivity contribution in [2.45, 2.75) is 6.18 Å². The van der Waals surface area contributed by atoms with E-state index >= 15 is 0 Å². The highest BCUT2D eigenvalue weighted by Gasteiger charge is 2.36. The van der Waals surface area contributed by atoms with Gasteiger partial charge in [-0.3, -0.25) is 4.79 Å². The van der Waals surface area contributed by atoms with Crippen LogP contribution in [0.4, 0.5) is 18.9 Å². The van der Waals surface area contributed by atoms with E-state index in [1.54, 1.807) is 0 Å². The molecule has 0 fully saturated rings. The number of nitrogens with zero attached hydrogens (tertiary/aromatic N) is 2. The fraction of sp³-hybridized carbons (Fsp3) is 0.308. The maximum atomic E-state index is 13.1. The number of anilines is 1. The Hall–Kier alpha value is -1.50. The number of pyridine rings is 1. The highest BCUT2D eigenvalue weighted by atomic mass is 35.5. The summed E-state index contributed by atoms with van der Waals surface area (Å²) in [6.07, 6.45) is -4.86. The first-order valence-corrected chi connectivity index (χ1v) is 11.1. The predicted molar refractivity (Wildman–Crippen MR) is 95.9 cm³/mol. The number of aryl methyl sites for hydroxylation is 1. The number of benzene rings is 1. The molecule has 0 spiro atoms. The van der Waals surface area contributed by atoms with E-state index in [-0.39, 0.29) is 14.6 Å². The van der Waals surface area contributed by atoms with Gasteiger partial charge in [0.15, 0.2) is 5.43 Å². The summed E-state index contributed by atoms with van der Waals surface area (Å²) in [6, 6.07) is 3.21. The van der Waals surface area contributed by atoms with Gasteiger partial charge in [0.1, 0.15) is 16.1 Å². The van der Waals surface area contributed by atoms with Crippen LogP contribution >= 0.6 is 23.2 Å². The third kappa shape index (κ3) is 4.03. The van der Waals surface area contributed by atoms with E-state index in [0.717, 1.165) is 25.2 Å². The smallest absolute Gasteiger partial charge is 0.340 e. The quantitative estimate of drug-likeness (QED) is 0.630. The van der Waals surface area contributed by atoms with Crippen LogP contribution < -0.4 is 9.14 Å². The van der Waals surface area contributed by atoms with Crippen LogP contribution in [0.3, 0.4) is 0 Å². The average Bonchev–Trinajstić information content (AvgIpc) is 2.56. The number of sulfonamides is 2. The molecule has 1 aromatic heterocycles. The van der Waals surface area contributed by atoms with Gasteiger partial charge in [-0.2, -0.15) is 16.9 Å². The first-order valence-electron chi connectivity index (χ1n) is 6.85. The van der Waals surface area contributed by atoms with Crippen LogP contribution in [0.25, 0.3) is 10.9 Å². The Morgan fingerprint density at radius 2 is 1.56 bits per heavy atom. The van der Waals surface area contributed by atoms with E-state index in [1.807, 2.05) is 0 Å². The lowest BCUT2D eigenvalue weighted by Crippen LogP contribution is -2.38. The summed E-state index contributed by atoms with van der Waals surface area (Å²) in [5.74, 6) is 0. The van der Waals surface area contributed by atoms with E-state index in [4.69, 9.17) is 23.2 Å². The molecule has 0 unspecified atom stereocenters. The number of alkyl halides is 5. The maximum Gasteiger partial charge on any atom is 0.431 e. The van der Waals surface area contributed by atoms with Crippen molar-refractivity contribution in [2.75, 3.05) is 14.1 Å². The van der Waals surface area contributed by atoms with Gasteiger partial charge < -0.3 is 4.57 Å². The molecular formula is C13H11Cl2F3N2O5S2. The average molecular weight is 467 g/mol. The molecule has 27 heavy (non-hydrogen) atoms. The third-order valence-electron chi connectivity index (χ3n) is 3.52. The molecular weight excluding hydrogens is 456 g/mol. The summed E-state index contributed by atoms with van der Waals surface area (Å²) in [5, 5.41) is -2.41. The number of fused-ring (bicyclic) bond motifs is 1. The lowest BCUT2D eigenvalue weighted by molar-refractivity contribution is -0.143. The zero-order chi connectivity index (χ0) is 20.8. The molecule has 1 heterocycles. The normalized spacial score (nSPS) is 13.1. The van der Waals surface area contributed by atoms with Gasteiger partial charge in [0, 0.05) is 18.5 Å². The van der Waals surface area contributed by atoms with Gasteiger partial charge in [0.2, 0.25) is 0 Å². The number of rotatable bonds is 5. The van der Waals surface area contributed by atoms with Gasteiger partial charge >= 0.3 is 6.18 Å². The van der Waals surface area contributed by atoms with Crippen LogP contribution in [0.15, 0.2) is 29.1 Å². The van der Waals surface area contributed by atoms with Crippen LogP contribution in [0.1, 0.15) is 5.69 Å². The Bertz CT molecular complexity index is 1130. The van der Waals surface area contributed by atoms with E-state index in [0.29, 0.717) is 10.6 Å². The molecule has 0 bridgehead atoms. The van der Waals surface area contributed by atoms with Crippen molar-refractivity contribution in [1.29, 1.82) is 0 Å². The maximum absolute atomic E-state index is 13.1. The molecule has 0 aliphatic carbocycles. The van der Waals surface area contributed by atoms with Gasteiger partial charge in [0.25, 0.3) is 20.0 Å². The Morgan fingerprint density at radius 3 is 2.00 bits per heavy atom. The van der Waals surface area contributed by atoms with Crippen molar-refractivity contribution >= 4 is 59.8 Å². The third-order valence-corrected chi connectivity index (χ3v) is 8.52. The SMILES string of the molecule is Cn1c(C(F)(F)F)cc(=O)c2ccc(N(S(=O)(=O)CCl)S(=O)(=O)CCl)cc21. The van der Waals surface area contributed by atoms with Crippen molar-refractivity contribution in [2.24, 2.45) is 7.05 Å². The predicted octanol–water partition coefficient (Wildman–Crippen LogP) is 2.42. The second-order valence-corrected chi connectivity index (χ2v) is 10.3. The first kappa shape index (κ1) is 21.8. The van der Waals surface area contributed by atoms with E-state index in [2.05, 4.69) is 0 Å². The fourth-order valence-corrected chi connectivity index (χ4v) is 6.08. The molecule has 0 radical (unpaired) electrons. The van der Waals surface area contributed by atoms with Gasteiger partial charge in [-0.1, -0.05) is 0 Å². The Kier molecular flexibility index (Phi) is 5.77. The van der Waals surface area contributed by atoms with Gasteiger partial charge in [-0.15, -0.1) is 23.2 Å². The Labute approximate surface area is 162 Å². The molecule has 0 amide bonds. The van der Waals surface area contributed by atoms with Crippen LogP contribution in [0.2, 0.25) is 0 Å². The van der Waals surface area contributed by atoms with Gasteiger partial charge in [0.05, 0.1) is 11.2 Å². The van der Waals surface area contributed by atoms with Crippen molar-refractivity contribution in [3.8, 4) is 0 Å². The lowest BCUT2D eigenvalue weighted by atomic mass is 10.1. The number of halogens is 5. The highest BCUT2D eigenvalue weighted by molar-refractivity contribution is 8.11. The van der Waals surface area contributed by atoms with E-state index in [1.165, 1.54) is 0 Å². The second-order valence-electron chi connectivity index (χ2n) is 5.29. The minimum atomic E-state index is -4.86. The monoisotopic (exact) mass is 466 g/mol. The Morgan fingerprint density at radius 1 is 1.04 bits per heavy atom. The fourth-order valence-electron chi connectivity index (χ4n) is 2.40. The molecule has 0 saturated carbocycles. The summed E-state index contributed by atoms with van der Waals surface area (Å²) in [4.78, 5) is 12.0. The zero-order valence-electron chi connectivity index (χ0n) is 13.4. The minimum Gasteiger partial charge on any atom is -0.340 e. The zero-order valence-corrected chi connectivity index (χ0v) is 16.5. The molecule has 0 saturated heterocycles. The number of aromatic nitrogens is 1. The molecule has 2 rings (SSSR count). The summed E-state index contributed by atoms with van der Waals surface area (Å²) < 4.78 is 88.4.